The van der Waals surface area contributed by atoms with Gasteiger partial charge in [-0.1, -0.05) is 48.9 Å². The Hall–Kier alpha value is -1.84. The van der Waals surface area contributed by atoms with Crippen molar-refractivity contribution in [1.29, 1.82) is 0 Å². The number of benzene rings is 2. The highest BCUT2D eigenvalue weighted by molar-refractivity contribution is 5.51. The summed E-state index contributed by atoms with van der Waals surface area (Å²) < 4.78 is 0. The maximum atomic E-state index is 9.47. The van der Waals surface area contributed by atoms with Gasteiger partial charge in [-0.05, 0) is 55.5 Å². The van der Waals surface area contributed by atoms with E-state index in [0.29, 0.717) is 12.1 Å². The molecule has 2 aliphatic rings. The van der Waals surface area contributed by atoms with E-state index in [9.17, 15) is 5.11 Å². The lowest BCUT2D eigenvalue weighted by molar-refractivity contribution is 0.118. The zero-order valence-electron chi connectivity index (χ0n) is 15.6. The molecule has 3 nitrogen and oxygen atoms in total. The molecule has 1 aliphatic heterocycles. The van der Waals surface area contributed by atoms with Gasteiger partial charge in [0, 0.05) is 24.8 Å². The number of likely N-dealkylation sites (tertiary alicyclic amines) is 1. The Balaban J connectivity index is 1.62. The molecule has 2 aromatic rings. The van der Waals surface area contributed by atoms with Crippen LogP contribution in [0.3, 0.4) is 0 Å². The van der Waals surface area contributed by atoms with Crippen molar-refractivity contribution in [3.8, 4) is 0 Å². The third kappa shape index (κ3) is 3.65. The van der Waals surface area contributed by atoms with Gasteiger partial charge in [-0.15, -0.1) is 0 Å². The molecule has 4 rings (SSSR count). The van der Waals surface area contributed by atoms with Gasteiger partial charge < -0.3 is 10.0 Å². The normalized spacial score (nSPS) is 23.0. The molecule has 0 saturated carbocycles. The van der Waals surface area contributed by atoms with Crippen LogP contribution in [0.4, 0.5) is 5.69 Å². The summed E-state index contributed by atoms with van der Waals surface area (Å²) in [7, 11) is 0. The number of piperidine rings is 1. The van der Waals surface area contributed by atoms with Crippen LogP contribution in [0.25, 0.3) is 0 Å². The lowest BCUT2D eigenvalue weighted by Gasteiger charge is -2.41. The average molecular weight is 351 g/mol. The summed E-state index contributed by atoms with van der Waals surface area (Å²) in [6, 6.07) is 20.8. The zero-order chi connectivity index (χ0) is 17.8. The molecule has 0 spiro atoms. The predicted octanol–water partition coefficient (Wildman–Crippen LogP) is 4.03. The Labute approximate surface area is 157 Å². The van der Waals surface area contributed by atoms with E-state index >= 15 is 0 Å². The lowest BCUT2D eigenvalue weighted by Crippen LogP contribution is -2.48. The minimum atomic E-state index is 0.258. The molecule has 0 aromatic heterocycles. The number of β-amino-alcohol motifs (C(OH)–C–C–N with tert-alkyl or cyclic N) is 1. The summed E-state index contributed by atoms with van der Waals surface area (Å²) in [4.78, 5) is 5.13. The quantitative estimate of drug-likeness (QED) is 0.852. The second-order valence-corrected chi connectivity index (χ2v) is 7.65. The van der Waals surface area contributed by atoms with Crippen LogP contribution in [0.15, 0.2) is 54.6 Å². The molecule has 2 atom stereocenters. The number of rotatable bonds is 6. The van der Waals surface area contributed by atoms with E-state index < -0.39 is 0 Å². The number of aliphatic hydroxyl groups is 1. The summed E-state index contributed by atoms with van der Waals surface area (Å²) in [6.45, 7) is 3.22. The number of aryl methyl sites for hydroxylation is 1. The minimum Gasteiger partial charge on any atom is -0.395 e. The molecule has 138 valence electrons. The van der Waals surface area contributed by atoms with Crippen LogP contribution >= 0.6 is 0 Å². The fraction of sp³-hybridized carbons (Fsp3) is 0.478. The van der Waals surface area contributed by atoms with Crippen molar-refractivity contribution in [3.05, 3.63) is 65.7 Å². The Morgan fingerprint density at radius 3 is 2.62 bits per heavy atom. The van der Waals surface area contributed by atoms with Gasteiger partial charge >= 0.3 is 0 Å². The number of para-hydroxylation sites is 1. The van der Waals surface area contributed by atoms with Gasteiger partial charge in [0.25, 0.3) is 0 Å². The molecule has 1 N–H and O–H groups in total. The highest BCUT2D eigenvalue weighted by Gasteiger charge is 2.31. The molecule has 2 aromatic carbocycles. The molecule has 2 unspecified atom stereocenters. The summed E-state index contributed by atoms with van der Waals surface area (Å²) >= 11 is 0. The third-order valence-corrected chi connectivity index (χ3v) is 6.11. The van der Waals surface area contributed by atoms with Crippen molar-refractivity contribution in [2.45, 2.75) is 44.2 Å². The van der Waals surface area contributed by atoms with Crippen molar-refractivity contribution in [1.82, 2.24) is 4.90 Å². The maximum Gasteiger partial charge on any atom is 0.0558 e. The Morgan fingerprint density at radius 2 is 1.77 bits per heavy atom. The number of hydrogen-bond acceptors (Lipinski definition) is 3. The maximum absolute atomic E-state index is 9.47. The van der Waals surface area contributed by atoms with Crippen LogP contribution in [0.2, 0.25) is 0 Å². The van der Waals surface area contributed by atoms with Gasteiger partial charge in [0.15, 0.2) is 0 Å². The molecular weight excluding hydrogens is 320 g/mol. The van der Waals surface area contributed by atoms with Crippen LogP contribution in [-0.2, 0) is 6.42 Å². The van der Waals surface area contributed by atoms with Crippen molar-refractivity contribution in [2.24, 2.45) is 0 Å². The summed E-state index contributed by atoms with van der Waals surface area (Å²) in [5.41, 5.74) is 4.33. The molecule has 0 bridgehead atoms. The molecule has 1 fully saturated rings. The number of fused-ring (bicyclic) bond motifs is 1. The molecular formula is C23H30N2O. The van der Waals surface area contributed by atoms with E-state index in [1.807, 2.05) is 0 Å². The highest BCUT2D eigenvalue weighted by atomic mass is 16.3. The van der Waals surface area contributed by atoms with Crippen LogP contribution in [0.5, 0.6) is 0 Å². The fourth-order valence-corrected chi connectivity index (χ4v) is 4.81. The predicted molar refractivity (Wildman–Crippen MR) is 108 cm³/mol. The van der Waals surface area contributed by atoms with Crippen LogP contribution in [0.1, 0.15) is 42.9 Å². The third-order valence-electron chi connectivity index (χ3n) is 6.11. The average Bonchev–Trinajstić information content (AvgIpc) is 3.12. The summed E-state index contributed by atoms with van der Waals surface area (Å²) in [5.74, 6) is 0. The Morgan fingerprint density at radius 1 is 0.962 bits per heavy atom. The monoisotopic (exact) mass is 350 g/mol. The van der Waals surface area contributed by atoms with E-state index in [1.165, 1.54) is 48.9 Å². The SMILES string of the molecule is OCCN1CCCCC1CN(c1ccccc1)C1CCc2ccccc21. The zero-order valence-corrected chi connectivity index (χ0v) is 15.6. The van der Waals surface area contributed by atoms with E-state index in [1.54, 1.807) is 0 Å². The smallest absolute Gasteiger partial charge is 0.0558 e. The van der Waals surface area contributed by atoms with E-state index in [4.69, 9.17) is 0 Å². The van der Waals surface area contributed by atoms with E-state index in [-0.39, 0.29) is 6.61 Å². The molecule has 0 amide bonds. The topological polar surface area (TPSA) is 26.7 Å². The first-order valence-electron chi connectivity index (χ1n) is 10.1. The van der Waals surface area contributed by atoms with Gasteiger partial charge in [-0.25, -0.2) is 0 Å². The van der Waals surface area contributed by atoms with Crippen LogP contribution in [-0.4, -0.2) is 42.3 Å². The van der Waals surface area contributed by atoms with Gasteiger partial charge in [0.2, 0.25) is 0 Å². The highest BCUT2D eigenvalue weighted by Crippen LogP contribution is 2.39. The number of nitrogens with zero attached hydrogens (tertiary/aromatic N) is 2. The second kappa shape index (κ2) is 8.24. The number of aliphatic hydroxyl groups excluding tert-OH is 1. The van der Waals surface area contributed by atoms with E-state index in [2.05, 4.69) is 64.4 Å². The summed E-state index contributed by atoms with van der Waals surface area (Å²) in [5, 5.41) is 9.47. The minimum absolute atomic E-state index is 0.258. The number of hydrogen-bond donors (Lipinski definition) is 1. The van der Waals surface area contributed by atoms with Gasteiger partial charge in [-0.2, -0.15) is 0 Å². The molecule has 26 heavy (non-hydrogen) atoms. The first-order valence-corrected chi connectivity index (χ1v) is 10.1. The van der Waals surface area contributed by atoms with E-state index in [0.717, 1.165) is 19.6 Å². The van der Waals surface area contributed by atoms with Crippen molar-refractivity contribution in [3.63, 3.8) is 0 Å². The molecule has 1 aliphatic carbocycles. The van der Waals surface area contributed by atoms with Crippen molar-refractivity contribution < 1.29 is 5.11 Å². The second-order valence-electron chi connectivity index (χ2n) is 7.65. The molecule has 3 heteroatoms. The van der Waals surface area contributed by atoms with Crippen molar-refractivity contribution >= 4 is 5.69 Å². The Bertz CT molecular complexity index is 700. The first kappa shape index (κ1) is 17.6. The Kier molecular flexibility index (Phi) is 5.57. The van der Waals surface area contributed by atoms with Gasteiger partial charge in [0.05, 0.1) is 12.6 Å². The largest absolute Gasteiger partial charge is 0.395 e. The van der Waals surface area contributed by atoms with Crippen molar-refractivity contribution in [2.75, 3.05) is 31.1 Å². The first-order chi connectivity index (χ1) is 12.9. The van der Waals surface area contributed by atoms with Crippen LogP contribution in [0, 0.1) is 0 Å². The standard InChI is InChI=1S/C23H30N2O/c26-17-16-24-15-7-6-11-21(24)18-25(20-9-2-1-3-10-20)23-14-13-19-8-4-5-12-22(19)23/h1-5,8-10,12,21,23,26H,6-7,11,13-18H2. The molecule has 0 radical (unpaired) electrons. The molecule has 1 heterocycles. The van der Waals surface area contributed by atoms with Gasteiger partial charge in [-0.3, -0.25) is 4.90 Å². The lowest BCUT2D eigenvalue weighted by atomic mass is 9.99. The van der Waals surface area contributed by atoms with Gasteiger partial charge in [0.1, 0.15) is 0 Å². The molecule has 1 saturated heterocycles. The number of anilines is 1. The summed E-state index contributed by atoms with van der Waals surface area (Å²) in [6.07, 6.45) is 6.17. The fourth-order valence-electron chi connectivity index (χ4n) is 4.81. The van der Waals surface area contributed by atoms with Crippen LogP contribution < -0.4 is 4.90 Å².